The summed E-state index contributed by atoms with van der Waals surface area (Å²) in [6.07, 6.45) is 0. The van der Waals surface area contributed by atoms with Gasteiger partial charge in [-0.05, 0) is 51.8 Å². The molecule has 0 saturated heterocycles. The van der Waals surface area contributed by atoms with Crippen molar-refractivity contribution < 1.29 is 4.74 Å². The molecular weight excluding hydrogens is 338 g/mol. The average Bonchev–Trinajstić information content (AvgIpc) is 2.48. The second kappa shape index (κ2) is 7.11. The van der Waals surface area contributed by atoms with Gasteiger partial charge in [-0.3, -0.25) is 0 Å². The molecule has 0 aliphatic rings. The van der Waals surface area contributed by atoms with E-state index in [0.29, 0.717) is 0 Å². The van der Waals surface area contributed by atoms with Gasteiger partial charge in [-0.2, -0.15) is 0 Å². The first-order chi connectivity index (χ1) is 9.67. The lowest BCUT2D eigenvalue weighted by Crippen LogP contribution is -2.22. The van der Waals surface area contributed by atoms with Crippen molar-refractivity contribution in [3.05, 3.63) is 63.1 Å². The molecule has 1 N–H and O–H groups in total. The van der Waals surface area contributed by atoms with Gasteiger partial charge in [-0.15, -0.1) is 0 Å². The number of halogens is 2. The van der Waals surface area contributed by atoms with Gasteiger partial charge in [0.25, 0.3) is 0 Å². The maximum atomic E-state index is 6.42. The molecule has 0 aliphatic heterocycles. The zero-order valence-corrected chi connectivity index (χ0v) is 13.8. The Labute approximate surface area is 133 Å². The van der Waals surface area contributed by atoms with E-state index in [0.717, 1.165) is 32.9 Å². The fourth-order valence-electron chi connectivity index (χ4n) is 2.15. The second-order valence-electron chi connectivity index (χ2n) is 4.41. The van der Waals surface area contributed by atoms with E-state index in [1.54, 1.807) is 7.11 Å². The third-order valence-corrected chi connectivity index (χ3v) is 4.46. The lowest BCUT2D eigenvalue weighted by atomic mass is 9.98. The van der Waals surface area contributed by atoms with Crippen LogP contribution in [0.3, 0.4) is 0 Å². The fraction of sp³-hybridized carbons (Fsp3) is 0.250. The van der Waals surface area contributed by atoms with Crippen molar-refractivity contribution in [1.29, 1.82) is 0 Å². The normalized spacial score (nSPS) is 12.2. The van der Waals surface area contributed by atoms with E-state index in [2.05, 4.69) is 40.3 Å². The number of benzene rings is 2. The lowest BCUT2D eigenvalue weighted by Gasteiger charge is -2.21. The Morgan fingerprint density at radius 3 is 2.50 bits per heavy atom. The highest BCUT2D eigenvalue weighted by Gasteiger charge is 2.17. The van der Waals surface area contributed by atoms with Crippen LogP contribution in [0.15, 0.2) is 46.9 Å². The van der Waals surface area contributed by atoms with Crippen LogP contribution in [0.5, 0.6) is 5.75 Å². The maximum Gasteiger partial charge on any atom is 0.118 e. The first-order valence-electron chi connectivity index (χ1n) is 6.48. The minimum Gasteiger partial charge on any atom is -0.497 e. The molecule has 0 fully saturated rings. The van der Waals surface area contributed by atoms with Crippen LogP contribution in [0.25, 0.3) is 0 Å². The summed E-state index contributed by atoms with van der Waals surface area (Å²) in [6, 6.07) is 14.1. The Kier molecular flexibility index (Phi) is 5.46. The van der Waals surface area contributed by atoms with Crippen molar-refractivity contribution >= 4 is 27.5 Å². The zero-order chi connectivity index (χ0) is 14.5. The number of ether oxygens (including phenoxy) is 1. The average molecular weight is 355 g/mol. The molecule has 0 amide bonds. The van der Waals surface area contributed by atoms with Crippen molar-refractivity contribution in [1.82, 2.24) is 5.32 Å². The number of hydrogen-bond acceptors (Lipinski definition) is 2. The summed E-state index contributed by atoms with van der Waals surface area (Å²) in [5.41, 5.74) is 2.22. The third-order valence-electron chi connectivity index (χ3n) is 3.15. The maximum absolute atomic E-state index is 6.42. The number of rotatable bonds is 5. The Bertz CT molecular complexity index is 571. The molecule has 0 spiro atoms. The minimum atomic E-state index is 0.0657. The van der Waals surface area contributed by atoms with Crippen LogP contribution in [0.2, 0.25) is 5.02 Å². The zero-order valence-electron chi connectivity index (χ0n) is 11.5. The van der Waals surface area contributed by atoms with Crippen LogP contribution in [0.1, 0.15) is 24.1 Å². The Morgan fingerprint density at radius 2 is 1.90 bits per heavy atom. The van der Waals surface area contributed by atoms with Gasteiger partial charge in [-0.25, -0.2) is 0 Å². The van der Waals surface area contributed by atoms with Crippen LogP contribution in [-0.4, -0.2) is 13.7 Å². The standard InChI is InChI=1S/C16H17BrClNO/c1-3-19-16(11-7-9-12(20-2)10-8-11)13-5-4-6-14(17)15(13)18/h4-10,16,19H,3H2,1-2H3. The van der Waals surface area contributed by atoms with E-state index >= 15 is 0 Å². The number of nitrogens with one attached hydrogen (secondary N) is 1. The van der Waals surface area contributed by atoms with Crippen LogP contribution in [0, 0.1) is 0 Å². The van der Waals surface area contributed by atoms with Gasteiger partial charge in [-0.1, -0.05) is 42.8 Å². The molecule has 2 aromatic rings. The largest absolute Gasteiger partial charge is 0.497 e. The van der Waals surface area contributed by atoms with Gasteiger partial charge in [0, 0.05) is 4.47 Å². The topological polar surface area (TPSA) is 21.3 Å². The van der Waals surface area contributed by atoms with Gasteiger partial charge in [0.05, 0.1) is 18.2 Å². The Hall–Kier alpha value is -1.03. The van der Waals surface area contributed by atoms with Crippen molar-refractivity contribution in [3.63, 3.8) is 0 Å². The van der Waals surface area contributed by atoms with E-state index in [-0.39, 0.29) is 6.04 Å². The highest BCUT2D eigenvalue weighted by atomic mass is 79.9. The molecule has 0 aromatic heterocycles. The third kappa shape index (κ3) is 3.35. The van der Waals surface area contributed by atoms with Gasteiger partial charge in [0.15, 0.2) is 0 Å². The molecule has 0 bridgehead atoms. The molecule has 2 rings (SSSR count). The molecule has 1 atom stereocenters. The summed E-state index contributed by atoms with van der Waals surface area (Å²) in [5.74, 6) is 0.851. The van der Waals surface area contributed by atoms with E-state index in [4.69, 9.17) is 16.3 Å². The highest BCUT2D eigenvalue weighted by Crippen LogP contribution is 2.33. The summed E-state index contributed by atoms with van der Waals surface area (Å²) in [6.45, 7) is 2.95. The predicted molar refractivity (Wildman–Crippen MR) is 87.7 cm³/mol. The van der Waals surface area contributed by atoms with Crippen molar-refractivity contribution in [3.8, 4) is 5.75 Å². The number of hydrogen-bond donors (Lipinski definition) is 1. The fourth-order valence-corrected chi connectivity index (χ4v) is 2.77. The molecular formula is C16H17BrClNO. The van der Waals surface area contributed by atoms with Gasteiger partial charge >= 0.3 is 0 Å². The Morgan fingerprint density at radius 1 is 1.20 bits per heavy atom. The lowest BCUT2D eigenvalue weighted by molar-refractivity contribution is 0.414. The molecule has 0 heterocycles. The van der Waals surface area contributed by atoms with Crippen molar-refractivity contribution in [2.45, 2.75) is 13.0 Å². The Balaban J connectivity index is 2.41. The first-order valence-corrected chi connectivity index (χ1v) is 7.65. The number of methoxy groups -OCH3 is 1. The van der Waals surface area contributed by atoms with Crippen molar-refractivity contribution in [2.75, 3.05) is 13.7 Å². The molecule has 0 aliphatic carbocycles. The summed E-state index contributed by atoms with van der Waals surface area (Å²) in [5, 5.41) is 4.22. The molecule has 106 valence electrons. The van der Waals surface area contributed by atoms with Gasteiger partial charge in [0.1, 0.15) is 5.75 Å². The SMILES string of the molecule is CCNC(c1ccc(OC)cc1)c1cccc(Br)c1Cl. The van der Waals surface area contributed by atoms with Gasteiger partial charge < -0.3 is 10.1 Å². The van der Waals surface area contributed by atoms with Crippen LogP contribution >= 0.6 is 27.5 Å². The highest BCUT2D eigenvalue weighted by molar-refractivity contribution is 9.10. The van der Waals surface area contributed by atoms with E-state index in [1.807, 2.05) is 30.3 Å². The molecule has 1 unspecified atom stereocenters. The van der Waals surface area contributed by atoms with E-state index < -0.39 is 0 Å². The van der Waals surface area contributed by atoms with Crippen LogP contribution in [0.4, 0.5) is 0 Å². The molecule has 0 radical (unpaired) electrons. The summed E-state index contributed by atoms with van der Waals surface area (Å²) >= 11 is 9.90. The molecule has 0 saturated carbocycles. The van der Waals surface area contributed by atoms with Crippen LogP contribution < -0.4 is 10.1 Å². The van der Waals surface area contributed by atoms with Crippen LogP contribution in [-0.2, 0) is 0 Å². The monoisotopic (exact) mass is 353 g/mol. The second-order valence-corrected chi connectivity index (χ2v) is 5.64. The van der Waals surface area contributed by atoms with Gasteiger partial charge in [0.2, 0.25) is 0 Å². The minimum absolute atomic E-state index is 0.0657. The first kappa shape index (κ1) is 15.4. The molecule has 4 heteroatoms. The predicted octanol–water partition coefficient (Wildman–Crippen LogP) is 4.81. The van der Waals surface area contributed by atoms with E-state index in [1.165, 1.54) is 0 Å². The summed E-state index contributed by atoms with van der Waals surface area (Å²) in [7, 11) is 1.67. The smallest absolute Gasteiger partial charge is 0.118 e. The summed E-state index contributed by atoms with van der Waals surface area (Å²) in [4.78, 5) is 0. The molecule has 20 heavy (non-hydrogen) atoms. The molecule has 2 nitrogen and oxygen atoms in total. The van der Waals surface area contributed by atoms with E-state index in [9.17, 15) is 0 Å². The molecule has 2 aromatic carbocycles. The quantitative estimate of drug-likeness (QED) is 0.832. The van der Waals surface area contributed by atoms with Crippen molar-refractivity contribution in [2.24, 2.45) is 0 Å². The summed E-state index contributed by atoms with van der Waals surface area (Å²) < 4.78 is 6.11.